The number of aliphatic imine (C=N–C) groups is 1. The van der Waals surface area contributed by atoms with Gasteiger partial charge in [-0.05, 0) is 43.5 Å². The van der Waals surface area contributed by atoms with E-state index in [9.17, 15) is 9.18 Å². The Hall–Kier alpha value is -1.42. The molecule has 0 radical (unpaired) electrons. The van der Waals surface area contributed by atoms with Gasteiger partial charge >= 0.3 is 0 Å². The van der Waals surface area contributed by atoms with Crippen LogP contribution in [0.15, 0.2) is 29.3 Å². The van der Waals surface area contributed by atoms with Gasteiger partial charge in [0.05, 0.1) is 6.04 Å². The fourth-order valence-corrected chi connectivity index (χ4v) is 3.48. The van der Waals surface area contributed by atoms with Gasteiger partial charge in [-0.25, -0.2) is 4.39 Å². The molecule has 1 aromatic carbocycles. The van der Waals surface area contributed by atoms with Gasteiger partial charge in [-0.1, -0.05) is 12.1 Å². The molecular weight excluding hydrogens is 472 g/mol. The molecule has 0 bridgehead atoms. The molecule has 2 rings (SSSR count). The summed E-state index contributed by atoms with van der Waals surface area (Å²) in [6, 6.07) is 6.55. The first-order chi connectivity index (χ1) is 12.9. The second-order valence-electron chi connectivity index (χ2n) is 7.24. The third-order valence-corrected chi connectivity index (χ3v) is 4.90. The molecule has 1 aromatic rings. The van der Waals surface area contributed by atoms with E-state index in [1.807, 2.05) is 26.0 Å². The maximum atomic E-state index is 13.0. The van der Waals surface area contributed by atoms with E-state index in [1.165, 1.54) is 12.1 Å². The van der Waals surface area contributed by atoms with E-state index in [2.05, 4.69) is 15.2 Å². The van der Waals surface area contributed by atoms with E-state index in [0.29, 0.717) is 6.54 Å². The third-order valence-electron chi connectivity index (χ3n) is 4.90. The molecule has 0 aromatic heterocycles. The summed E-state index contributed by atoms with van der Waals surface area (Å²) in [6.45, 7) is 3.34. The van der Waals surface area contributed by atoms with Crippen LogP contribution in [0.2, 0.25) is 0 Å². The molecule has 8 heteroatoms. The fourth-order valence-electron chi connectivity index (χ4n) is 3.48. The zero-order valence-electron chi connectivity index (χ0n) is 17.3. The summed E-state index contributed by atoms with van der Waals surface area (Å²) in [4.78, 5) is 22.6. The van der Waals surface area contributed by atoms with Gasteiger partial charge in [-0.15, -0.1) is 24.0 Å². The summed E-state index contributed by atoms with van der Waals surface area (Å²) in [5.74, 6) is 0.786. The number of nitrogens with one attached hydrogen (secondary N) is 1. The Morgan fingerprint density at radius 1 is 1.29 bits per heavy atom. The maximum Gasteiger partial charge on any atom is 0.239 e. The Bertz CT molecular complexity index is 638. The lowest BCUT2D eigenvalue weighted by molar-refractivity contribution is -0.133. The Kier molecular flexibility index (Phi) is 10.7. The molecule has 1 fully saturated rings. The summed E-state index contributed by atoms with van der Waals surface area (Å²) in [6.07, 6.45) is 2.98. The minimum absolute atomic E-state index is 0. The van der Waals surface area contributed by atoms with Gasteiger partial charge in [-0.3, -0.25) is 14.7 Å². The second-order valence-corrected chi connectivity index (χ2v) is 7.24. The van der Waals surface area contributed by atoms with Crippen LogP contribution >= 0.6 is 24.0 Å². The van der Waals surface area contributed by atoms with Crippen LogP contribution in [0.4, 0.5) is 4.39 Å². The molecular formula is C20H33FIN5O. The highest BCUT2D eigenvalue weighted by Crippen LogP contribution is 2.18. The lowest BCUT2D eigenvalue weighted by atomic mass is 10.2. The second kappa shape index (κ2) is 12.2. The lowest BCUT2D eigenvalue weighted by Crippen LogP contribution is -2.44. The number of nitrogens with zero attached hydrogens (tertiary/aromatic N) is 4. The maximum absolute atomic E-state index is 13.0. The van der Waals surface area contributed by atoms with Crippen molar-refractivity contribution in [2.45, 2.75) is 31.8 Å². The van der Waals surface area contributed by atoms with E-state index in [-0.39, 0.29) is 41.7 Å². The molecule has 28 heavy (non-hydrogen) atoms. The smallest absolute Gasteiger partial charge is 0.239 e. The van der Waals surface area contributed by atoms with Crippen LogP contribution in [0.25, 0.3) is 0 Å². The number of hydrogen-bond acceptors (Lipinski definition) is 3. The summed E-state index contributed by atoms with van der Waals surface area (Å²) >= 11 is 0. The largest absolute Gasteiger partial charge is 0.356 e. The lowest BCUT2D eigenvalue weighted by Gasteiger charge is -2.26. The molecule has 1 atom stereocenters. The molecule has 0 saturated carbocycles. The van der Waals surface area contributed by atoms with Gasteiger partial charge in [0, 0.05) is 47.8 Å². The quantitative estimate of drug-likeness (QED) is 0.268. The van der Waals surface area contributed by atoms with E-state index in [4.69, 9.17) is 0 Å². The number of hydrogen-bond donors (Lipinski definition) is 1. The molecule has 1 N–H and O–H groups in total. The molecule has 1 amide bonds. The van der Waals surface area contributed by atoms with E-state index >= 15 is 0 Å². The van der Waals surface area contributed by atoms with Crippen LogP contribution in [0.3, 0.4) is 0 Å². The Labute approximate surface area is 185 Å². The molecule has 1 heterocycles. The predicted octanol–water partition coefficient (Wildman–Crippen LogP) is 2.39. The topological polar surface area (TPSA) is 51.2 Å². The number of halogens is 2. The first-order valence-corrected chi connectivity index (χ1v) is 9.54. The van der Waals surface area contributed by atoms with E-state index in [1.54, 1.807) is 24.1 Å². The van der Waals surface area contributed by atoms with Gasteiger partial charge in [0.25, 0.3) is 0 Å². The van der Waals surface area contributed by atoms with Crippen molar-refractivity contribution in [3.05, 3.63) is 35.6 Å². The highest BCUT2D eigenvalue weighted by molar-refractivity contribution is 14.0. The van der Waals surface area contributed by atoms with Gasteiger partial charge in [0.15, 0.2) is 5.96 Å². The molecule has 0 spiro atoms. The van der Waals surface area contributed by atoms with Gasteiger partial charge < -0.3 is 15.1 Å². The van der Waals surface area contributed by atoms with Gasteiger partial charge in [-0.2, -0.15) is 0 Å². The van der Waals surface area contributed by atoms with Crippen LogP contribution in [0.1, 0.15) is 24.8 Å². The highest BCUT2D eigenvalue weighted by atomic mass is 127. The number of rotatable bonds is 7. The van der Waals surface area contributed by atoms with Gasteiger partial charge in [0.2, 0.25) is 5.91 Å². The number of benzene rings is 1. The number of likely N-dealkylation sites (tertiary alicyclic amines) is 1. The van der Waals surface area contributed by atoms with E-state index < -0.39 is 0 Å². The van der Waals surface area contributed by atoms with Crippen LogP contribution in [0.5, 0.6) is 0 Å². The van der Waals surface area contributed by atoms with Crippen molar-refractivity contribution in [3.63, 3.8) is 0 Å². The normalized spacial score (nSPS) is 17.2. The zero-order valence-corrected chi connectivity index (χ0v) is 19.7. The van der Waals surface area contributed by atoms with Crippen LogP contribution in [-0.4, -0.2) is 80.4 Å². The average molecular weight is 505 g/mol. The molecule has 0 aliphatic carbocycles. The Balaban J connectivity index is 0.00000392. The van der Waals surface area contributed by atoms with Crippen LogP contribution < -0.4 is 5.32 Å². The highest BCUT2D eigenvalue weighted by Gasteiger charge is 2.30. The monoisotopic (exact) mass is 505 g/mol. The van der Waals surface area contributed by atoms with Gasteiger partial charge in [0.1, 0.15) is 5.82 Å². The van der Waals surface area contributed by atoms with Crippen molar-refractivity contribution < 1.29 is 9.18 Å². The number of likely N-dealkylation sites (N-methyl/N-ethyl adjacent to an activating group) is 1. The summed E-state index contributed by atoms with van der Waals surface area (Å²) < 4.78 is 13.0. The molecule has 1 aliphatic heterocycles. The van der Waals surface area contributed by atoms with Crippen molar-refractivity contribution in [3.8, 4) is 0 Å². The molecule has 1 saturated heterocycles. The summed E-state index contributed by atoms with van der Waals surface area (Å²) in [5.41, 5.74) is 1.03. The van der Waals surface area contributed by atoms with Crippen molar-refractivity contribution in [2.24, 2.45) is 4.99 Å². The first-order valence-electron chi connectivity index (χ1n) is 9.54. The minimum atomic E-state index is -0.225. The fraction of sp³-hybridized carbons (Fsp3) is 0.600. The molecule has 6 nitrogen and oxygen atoms in total. The number of carbonyl (C=O) groups excluding carboxylic acids is 1. The summed E-state index contributed by atoms with van der Waals surface area (Å²) in [7, 11) is 7.36. The Morgan fingerprint density at radius 3 is 2.57 bits per heavy atom. The number of amides is 1. The average Bonchev–Trinajstić information content (AvgIpc) is 3.11. The number of carbonyl (C=O) groups is 1. The van der Waals surface area contributed by atoms with Crippen LogP contribution in [0, 0.1) is 5.82 Å². The first kappa shape index (κ1) is 24.6. The minimum Gasteiger partial charge on any atom is -0.356 e. The van der Waals surface area contributed by atoms with Crippen molar-refractivity contribution in [2.75, 3.05) is 47.8 Å². The Morgan fingerprint density at radius 2 is 1.96 bits per heavy atom. The van der Waals surface area contributed by atoms with Crippen LogP contribution in [-0.2, 0) is 11.3 Å². The van der Waals surface area contributed by atoms with E-state index in [0.717, 1.165) is 50.4 Å². The molecule has 1 aliphatic rings. The number of guanidine groups is 1. The zero-order chi connectivity index (χ0) is 19.8. The SMILES string of the molecule is CN=C(NCCCN1CCCC1C(=O)N(C)C)N(C)Cc1ccc(F)cc1.I. The molecule has 1 unspecified atom stereocenters. The van der Waals surface area contributed by atoms with Crippen molar-refractivity contribution >= 4 is 35.8 Å². The summed E-state index contributed by atoms with van der Waals surface area (Å²) in [5, 5.41) is 3.37. The predicted molar refractivity (Wildman–Crippen MR) is 123 cm³/mol. The van der Waals surface area contributed by atoms with Crippen molar-refractivity contribution in [1.82, 2.24) is 20.0 Å². The third kappa shape index (κ3) is 7.20. The van der Waals surface area contributed by atoms with Crippen molar-refractivity contribution in [1.29, 1.82) is 0 Å². The molecule has 158 valence electrons. The standard InChI is InChI=1S/C20H32FN5O.HI/c1-22-20(25(4)15-16-8-10-17(21)11-9-16)23-12-6-14-26-13-5-7-18(26)19(27)24(2)3;/h8-11,18H,5-7,12-15H2,1-4H3,(H,22,23);1H.